The van der Waals surface area contributed by atoms with Crippen molar-refractivity contribution in [3.05, 3.63) is 0 Å². The van der Waals surface area contributed by atoms with Gasteiger partial charge in [-0.15, -0.1) is 0 Å². The zero-order chi connectivity index (χ0) is 27.0. The number of halogens is 15. The molecule has 0 aromatic heterocycles. The topological polar surface area (TPSA) is 38.8 Å². The van der Waals surface area contributed by atoms with E-state index in [2.05, 4.69) is 4.74 Å². The number of morpholine rings is 1. The molecule has 0 aromatic rings. The lowest BCUT2D eigenvalue weighted by Gasteiger charge is -2.38. The van der Waals surface area contributed by atoms with Crippen LogP contribution in [0.2, 0.25) is 0 Å². The van der Waals surface area contributed by atoms with E-state index in [1.807, 2.05) is 0 Å². The molecule has 0 atom stereocenters. The zero-order valence-electron chi connectivity index (χ0n) is 16.3. The molecule has 1 aliphatic heterocycles. The molecule has 1 fully saturated rings. The Hall–Kier alpha value is -1.66. The van der Waals surface area contributed by atoms with Crippen molar-refractivity contribution in [2.75, 3.05) is 39.5 Å². The van der Waals surface area contributed by atoms with Crippen molar-refractivity contribution in [3.8, 4) is 0 Å². The number of alkyl halides is 15. The molecule has 4 nitrogen and oxygen atoms in total. The molecule has 19 heteroatoms. The predicted octanol–water partition coefficient (Wildman–Crippen LogP) is 4.63. The second kappa shape index (κ2) is 9.42. The fraction of sp³-hybridized carbons (Fsp3) is 0.933. The van der Waals surface area contributed by atoms with E-state index in [0.717, 1.165) is 0 Å². The van der Waals surface area contributed by atoms with Crippen LogP contribution >= 0.6 is 0 Å². The molecule has 0 spiro atoms. The molecule has 0 amide bonds. The van der Waals surface area contributed by atoms with Crippen LogP contribution in [0.3, 0.4) is 0 Å². The average molecular weight is 541 g/mol. The summed E-state index contributed by atoms with van der Waals surface area (Å²) in [5.41, 5.74) is 0. The van der Waals surface area contributed by atoms with Gasteiger partial charge in [0.05, 0.1) is 19.6 Å². The minimum Gasteiger partial charge on any atom is -0.460 e. The number of nitrogens with zero attached hydrogens (tertiary/aromatic N) is 1. The van der Waals surface area contributed by atoms with Gasteiger partial charge in [0.15, 0.2) is 0 Å². The predicted molar refractivity (Wildman–Crippen MR) is 78.6 cm³/mol. The third-order valence-electron chi connectivity index (χ3n) is 4.51. The lowest BCUT2D eigenvalue weighted by molar-refractivity contribution is -0.393. The van der Waals surface area contributed by atoms with Crippen LogP contribution in [0.5, 0.6) is 0 Å². The number of rotatable bonds is 10. The van der Waals surface area contributed by atoms with Gasteiger partial charge >= 0.3 is 47.7 Å². The Kier molecular flexibility index (Phi) is 8.41. The first kappa shape index (κ1) is 30.4. The largest absolute Gasteiger partial charge is 0.460 e. The minimum atomic E-state index is -7.72. The van der Waals surface area contributed by atoms with Crippen LogP contribution in [0.1, 0.15) is 6.42 Å². The lowest BCUT2D eigenvalue weighted by Crippen LogP contribution is -2.66. The molecule has 0 saturated carbocycles. The first-order valence-electron chi connectivity index (χ1n) is 8.76. The molecule has 1 heterocycles. The van der Waals surface area contributed by atoms with Gasteiger partial charge in [0.1, 0.15) is 6.61 Å². The molecule has 1 saturated heterocycles. The maximum Gasteiger partial charge on any atom is 0.459 e. The van der Waals surface area contributed by atoms with Crippen LogP contribution in [0.4, 0.5) is 65.9 Å². The summed E-state index contributed by atoms with van der Waals surface area (Å²) in [6.45, 7) is -1.04. The Bertz CT molecular complexity index is 716. The van der Waals surface area contributed by atoms with E-state index in [9.17, 15) is 70.7 Å². The highest BCUT2D eigenvalue weighted by molar-refractivity contribution is 5.79. The monoisotopic (exact) mass is 541 g/mol. The summed E-state index contributed by atoms with van der Waals surface area (Å²) in [4.78, 5) is 12.6. The second-order valence-corrected chi connectivity index (χ2v) is 6.97. The van der Waals surface area contributed by atoms with Crippen molar-refractivity contribution in [2.24, 2.45) is 0 Å². The quantitative estimate of drug-likeness (QED) is 0.299. The summed E-state index contributed by atoms with van der Waals surface area (Å²) in [7, 11) is 0. The van der Waals surface area contributed by atoms with Gasteiger partial charge in [0.25, 0.3) is 0 Å². The normalized spacial score (nSPS) is 18.2. The Morgan fingerprint density at radius 3 is 1.59 bits per heavy atom. The first-order chi connectivity index (χ1) is 15.0. The van der Waals surface area contributed by atoms with Crippen LogP contribution in [-0.2, 0) is 14.3 Å². The molecule has 0 unspecified atom stereocenters. The van der Waals surface area contributed by atoms with Gasteiger partial charge in [-0.05, 0) is 0 Å². The van der Waals surface area contributed by atoms with Crippen LogP contribution in [-0.4, -0.2) is 92.0 Å². The molecule has 202 valence electrons. The molecule has 34 heavy (non-hydrogen) atoms. The molecule has 1 aliphatic rings. The highest BCUT2D eigenvalue weighted by Crippen LogP contribution is 2.58. The highest BCUT2D eigenvalue weighted by Gasteiger charge is 2.85. The Labute approximate surface area is 179 Å². The van der Waals surface area contributed by atoms with Gasteiger partial charge < -0.3 is 9.47 Å². The van der Waals surface area contributed by atoms with E-state index in [4.69, 9.17) is 4.74 Å². The summed E-state index contributed by atoms with van der Waals surface area (Å²) in [6, 6.07) is 0. The van der Waals surface area contributed by atoms with Gasteiger partial charge in [0.2, 0.25) is 0 Å². The van der Waals surface area contributed by atoms with E-state index < -0.39 is 67.3 Å². The number of ether oxygens (including phenoxy) is 2. The molecule has 0 N–H and O–H groups in total. The number of hydrogen-bond donors (Lipinski definition) is 0. The fourth-order valence-electron chi connectivity index (χ4n) is 2.45. The molecular formula is C15H14F15NO3. The number of hydrogen-bond acceptors (Lipinski definition) is 4. The van der Waals surface area contributed by atoms with E-state index in [0.29, 0.717) is 0 Å². The molecule has 1 rings (SSSR count). The van der Waals surface area contributed by atoms with Crippen molar-refractivity contribution in [3.63, 3.8) is 0 Å². The van der Waals surface area contributed by atoms with Gasteiger partial charge in [-0.1, -0.05) is 0 Å². The summed E-state index contributed by atoms with van der Waals surface area (Å²) >= 11 is 0. The van der Waals surface area contributed by atoms with Crippen molar-refractivity contribution in [1.82, 2.24) is 4.90 Å². The summed E-state index contributed by atoms with van der Waals surface area (Å²) in [5, 5.41) is 0. The van der Waals surface area contributed by atoms with Crippen LogP contribution in [0.25, 0.3) is 0 Å². The highest BCUT2D eigenvalue weighted by atomic mass is 19.4. The number of carbonyl (C=O) groups is 1. The number of esters is 1. The minimum absolute atomic E-state index is 0.126. The number of carbonyl (C=O) groups excluding carboxylic acids is 1. The van der Waals surface area contributed by atoms with E-state index >= 15 is 0 Å². The summed E-state index contributed by atoms with van der Waals surface area (Å²) < 4.78 is 205. The zero-order valence-corrected chi connectivity index (χ0v) is 16.3. The maximum atomic E-state index is 13.7. The lowest BCUT2D eigenvalue weighted by atomic mass is 9.92. The van der Waals surface area contributed by atoms with Crippen molar-refractivity contribution in [1.29, 1.82) is 0 Å². The van der Waals surface area contributed by atoms with Crippen LogP contribution in [0, 0.1) is 0 Å². The Balaban J connectivity index is 3.07. The van der Waals surface area contributed by atoms with Gasteiger partial charge in [-0.3, -0.25) is 4.90 Å². The van der Waals surface area contributed by atoms with Gasteiger partial charge in [-0.25, -0.2) is 4.79 Å². The molecule has 0 radical (unpaired) electrons. The van der Waals surface area contributed by atoms with E-state index in [-0.39, 0.29) is 26.3 Å². The second-order valence-electron chi connectivity index (χ2n) is 6.97. The molecule has 0 aromatic carbocycles. The fourth-order valence-corrected chi connectivity index (χ4v) is 2.45. The SMILES string of the molecule is O=C(OCCN1CCOCC1)C(F)(F)C(F)(F)C(F)(F)C(F)(F)CC(F)(F)C(F)(F)C(F)(F)F. The standard InChI is InChI=1S/C15H14F15NO3/c16-9(17,7-10(18,19)13(24,25)15(28,29)30)12(22,23)14(26,27)11(20,21)8(32)34-6-3-31-1-4-33-5-2-31/h1-7H2. The Morgan fingerprint density at radius 2 is 1.15 bits per heavy atom. The van der Waals surface area contributed by atoms with Crippen molar-refractivity contribution in [2.45, 2.75) is 48.1 Å². The van der Waals surface area contributed by atoms with E-state index in [1.54, 1.807) is 0 Å². The molecular weight excluding hydrogens is 527 g/mol. The van der Waals surface area contributed by atoms with Crippen LogP contribution in [0.15, 0.2) is 0 Å². The average Bonchev–Trinajstić information content (AvgIpc) is 2.66. The third kappa shape index (κ3) is 5.43. The van der Waals surface area contributed by atoms with Crippen LogP contribution < -0.4 is 0 Å². The summed E-state index contributed by atoms with van der Waals surface area (Å²) in [5.74, 6) is -47.5. The molecule has 0 bridgehead atoms. The van der Waals surface area contributed by atoms with Crippen molar-refractivity contribution >= 4 is 5.97 Å². The maximum absolute atomic E-state index is 13.7. The summed E-state index contributed by atoms with van der Waals surface area (Å²) in [6.07, 6.45) is -11.9. The smallest absolute Gasteiger partial charge is 0.459 e. The van der Waals surface area contributed by atoms with Crippen molar-refractivity contribution < 1.29 is 80.1 Å². The molecule has 0 aliphatic carbocycles. The van der Waals surface area contributed by atoms with Gasteiger partial charge in [0, 0.05) is 19.6 Å². The Morgan fingerprint density at radius 1 is 0.706 bits per heavy atom. The van der Waals surface area contributed by atoms with E-state index in [1.165, 1.54) is 4.90 Å². The first-order valence-corrected chi connectivity index (χ1v) is 8.76. The van der Waals surface area contributed by atoms with Gasteiger partial charge in [-0.2, -0.15) is 65.9 Å². The third-order valence-corrected chi connectivity index (χ3v) is 4.51.